The second kappa shape index (κ2) is 11.0. The number of Topliss-reactive ketones (excluding diaryl/α,β-unsaturated/α-hetero) is 1. The van der Waals surface area contributed by atoms with Crippen LogP contribution < -0.4 is 10.1 Å². The number of nitro groups is 1. The number of methoxy groups -OCH3 is 1. The fraction of sp³-hybridized carbons (Fsp3) is 0.296. The minimum atomic E-state index is -1.34. The third-order valence-electron chi connectivity index (χ3n) is 6.56. The predicted octanol–water partition coefficient (Wildman–Crippen LogP) is 4.88. The molecule has 0 aliphatic carbocycles. The van der Waals surface area contributed by atoms with Gasteiger partial charge in [-0.1, -0.05) is 18.2 Å². The van der Waals surface area contributed by atoms with Gasteiger partial charge in [0.25, 0.3) is 5.69 Å². The molecule has 0 spiro atoms. The molecule has 10 nitrogen and oxygen atoms in total. The molecule has 0 radical (unpaired) electrons. The number of benzene rings is 2. The van der Waals surface area contributed by atoms with E-state index in [9.17, 15) is 29.6 Å². The van der Waals surface area contributed by atoms with Crippen LogP contribution in [-0.4, -0.2) is 51.9 Å². The number of carboxylic acids is 1. The zero-order chi connectivity index (χ0) is 27.6. The van der Waals surface area contributed by atoms with Gasteiger partial charge >= 0.3 is 12.0 Å². The molecule has 4 unspecified atom stereocenters. The second-order valence-electron chi connectivity index (χ2n) is 9.25. The average Bonchev–Trinajstić information content (AvgIpc) is 3.54. The Morgan fingerprint density at radius 2 is 1.74 bits per heavy atom. The molecule has 38 heavy (non-hydrogen) atoms. The number of hydrogen-bond donors (Lipinski definition) is 2. The van der Waals surface area contributed by atoms with E-state index >= 15 is 0 Å². The highest BCUT2D eigenvalue weighted by atomic mass is 32.1. The van der Waals surface area contributed by atoms with Crippen molar-refractivity contribution >= 4 is 34.8 Å². The van der Waals surface area contributed by atoms with Crippen molar-refractivity contribution in [2.24, 2.45) is 5.92 Å². The van der Waals surface area contributed by atoms with Gasteiger partial charge < -0.3 is 20.1 Å². The van der Waals surface area contributed by atoms with E-state index in [-0.39, 0.29) is 17.3 Å². The predicted molar refractivity (Wildman–Crippen MR) is 141 cm³/mol. The number of rotatable bonds is 8. The summed E-state index contributed by atoms with van der Waals surface area (Å²) in [6.07, 6.45) is 0. The molecule has 2 aromatic carbocycles. The number of carbonyl (C=O) groups is 3. The van der Waals surface area contributed by atoms with Crippen LogP contribution in [0.3, 0.4) is 0 Å². The van der Waals surface area contributed by atoms with E-state index in [0.29, 0.717) is 16.2 Å². The zero-order valence-electron chi connectivity index (χ0n) is 20.9. The molecule has 4 rings (SSSR count). The number of aliphatic carboxylic acids is 1. The van der Waals surface area contributed by atoms with Crippen molar-refractivity contribution in [3.8, 4) is 5.75 Å². The number of ketones is 1. The number of carbonyl (C=O) groups excluding carboxylic acids is 2. The molecule has 1 aromatic heterocycles. The van der Waals surface area contributed by atoms with Gasteiger partial charge in [0.1, 0.15) is 11.8 Å². The normalized spacial score (nSPS) is 20.8. The molecular formula is C27H27N3O7S. The monoisotopic (exact) mass is 537 g/mol. The van der Waals surface area contributed by atoms with Crippen LogP contribution in [0.1, 0.15) is 46.6 Å². The van der Waals surface area contributed by atoms with E-state index in [0.717, 1.165) is 0 Å². The van der Waals surface area contributed by atoms with Crippen LogP contribution in [0.25, 0.3) is 0 Å². The number of urea groups is 1. The van der Waals surface area contributed by atoms with E-state index in [1.54, 1.807) is 55.6 Å². The third kappa shape index (κ3) is 5.10. The van der Waals surface area contributed by atoms with Crippen LogP contribution in [0.2, 0.25) is 0 Å². The number of nitrogens with one attached hydrogen (secondary N) is 1. The van der Waals surface area contributed by atoms with E-state index < -0.39 is 46.6 Å². The minimum absolute atomic E-state index is 0.171. The topological polar surface area (TPSA) is 139 Å². The van der Waals surface area contributed by atoms with Crippen molar-refractivity contribution in [1.82, 2.24) is 10.2 Å². The van der Waals surface area contributed by atoms with Gasteiger partial charge in [-0.3, -0.25) is 14.9 Å². The number of non-ortho nitro benzene ring substituents is 1. The number of amides is 2. The smallest absolute Gasteiger partial charge is 0.327 e. The van der Waals surface area contributed by atoms with Gasteiger partial charge in [0.05, 0.1) is 24.0 Å². The van der Waals surface area contributed by atoms with Crippen LogP contribution in [0.5, 0.6) is 5.75 Å². The summed E-state index contributed by atoms with van der Waals surface area (Å²) in [5, 5.41) is 26.2. The first kappa shape index (κ1) is 26.8. The van der Waals surface area contributed by atoms with Crippen LogP contribution in [0.4, 0.5) is 10.5 Å². The second-order valence-corrected chi connectivity index (χ2v) is 10.2. The lowest BCUT2D eigenvalue weighted by atomic mass is 9.78. The Hall–Kier alpha value is -4.25. The molecule has 0 saturated carbocycles. The van der Waals surface area contributed by atoms with E-state index in [2.05, 4.69) is 5.32 Å². The van der Waals surface area contributed by atoms with Gasteiger partial charge in [-0.2, -0.15) is 0 Å². The molecule has 198 valence electrons. The van der Waals surface area contributed by atoms with Gasteiger partial charge in [-0.25, -0.2) is 9.59 Å². The highest BCUT2D eigenvalue weighted by Crippen LogP contribution is 2.52. The highest BCUT2D eigenvalue weighted by molar-refractivity contribution is 7.10. The standard InChI is InChI=1S/C27H27N3O7S/c1-15(2)28-27(34)29-23(16-8-12-19(37-3)13-9-16)22(21(24(29)26(32)33)20-5-4-14-38-20)25(31)17-6-10-18(11-7-17)30(35)36/h4-15,21-24H,1-3H3,(H,28,34)(H,32,33). The third-order valence-corrected chi connectivity index (χ3v) is 7.53. The van der Waals surface area contributed by atoms with Crippen molar-refractivity contribution < 1.29 is 29.2 Å². The Kier molecular flexibility index (Phi) is 7.77. The number of carboxylic acid groups (broad SMARTS) is 1. The summed E-state index contributed by atoms with van der Waals surface area (Å²) < 4.78 is 5.26. The van der Waals surface area contributed by atoms with Crippen molar-refractivity contribution in [2.75, 3.05) is 7.11 Å². The maximum absolute atomic E-state index is 14.2. The Labute approximate surface area is 223 Å². The van der Waals surface area contributed by atoms with Gasteiger partial charge in [0.15, 0.2) is 5.78 Å². The maximum atomic E-state index is 14.2. The van der Waals surface area contributed by atoms with Gasteiger partial charge in [0, 0.05) is 34.5 Å². The molecule has 1 aliphatic rings. The summed E-state index contributed by atoms with van der Waals surface area (Å²) in [4.78, 5) is 53.0. The Bertz CT molecular complexity index is 1320. The SMILES string of the molecule is COc1ccc(C2C(C(=O)c3ccc([N+](=O)[O-])cc3)C(c3cccs3)C(C(=O)O)N2C(=O)NC(C)C)cc1. The summed E-state index contributed by atoms with van der Waals surface area (Å²) in [7, 11) is 1.52. The molecule has 2 heterocycles. The number of ether oxygens (including phenoxy) is 1. The molecule has 4 atom stereocenters. The molecule has 1 saturated heterocycles. The molecule has 1 fully saturated rings. The molecule has 2 N–H and O–H groups in total. The Balaban J connectivity index is 1.93. The molecule has 1 aliphatic heterocycles. The molecule has 11 heteroatoms. The van der Waals surface area contributed by atoms with Crippen molar-refractivity contribution in [3.63, 3.8) is 0 Å². The van der Waals surface area contributed by atoms with E-state index in [1.165, 1.54) is 47.6 Å². The molecular weight excluding hydrogens is 510 g/mol. The number of thiophene rings is 1. The lowest BCUT2D eigenvalue weighted by molar-refractivity contribution is -0.384. The van der Waals surface area contributed by atoms with Gasteiger partial charge in [-0.15, -0.1) is 11.3 Å². The van der Waals surface area contributed by atoms with Crippen LogP contribution in [-0.2, 0) is 4.79 Å². The van der Waals surface area contributed by atoms with E-state index in [1.807, 2.05) is 0 Å². The van der Waals surface area contributed by atoms with Crippen LogP contribution >= 0.6 is 11.3 Å². The van der Waals surface area contributed by atoms with Crippen LogP contribution in [0.15, 0.2) is 66.0 Å². The molecule has 3 aromatic rings. The number of nitro benzene ring substituents is 1. The summed E-state index contributed by atoms with van der Waals surface area (Å²) in [6.45, 7) is 3.53. The van der Waals surface area contributed by atoms with Crippen molar-refractivity contribution in [2.45, 2.75) is 37.9 Å². The molecule has 2 amide bonds. The number of likely N-dealkylation sites (tertiary alicyclic amines) is 1. The van der Waals surface area contributed by atoms with Gasteiger partial charge in [-0.05, 0) is 55.1 Å². The quantitative estimate of drug-likeness (QED) is 0.237. The average molecular weight is 538 g/mol. The number of nitrogens with zero attached hydrogens (tertiary/aromatic N) is 2. The Morgan fingerprint density at radius 1 is 1.08 bits per heavy atom. The lowest BCUT2D eigenvalue weighted by Crippen LogP contribution is -2.50. The zero-order valence-corrected chi connectivity index (χ0v) is 21.8. The van der Waals surface area contributed by atoms with E-state index in [4.69, 9.17) is 4.74 Å². The van der Waals surface area contributed by atoms with Crippen molar-refractivity contribution in [1.29, 1.82) is 0 Å². The minimum Gasteiger partial charge on any atom is -0.497 e. The largest absolute Gasteiger partial charge is 0.497 e. The fourth-order valence-electron chi connectivity index (χ4n) is 4.99. The van der Waals surface area contributed by atoms with Gasteiger partial charge in [0.2, 0.25) is 0 Å². The summed E-state index contributed by atoms with van der Waals surface area (Å²) in [6, 6.07) is 12.4. The lowest BCUT2D eigenvalue weighted by Gasteiger charge is -2.31. The number of hydrogen-bond acceptors (Lipinski definition) is 7. The first-order valence-corrected chi connectivity index (χ1v) is 12.8. The first-order valence-electron chi connectivity index (χ1n) is 11.9. The molecule has 0 bridgehead atoms. The fourth-order valence-corrected chi connectivity index (χ4v) is 5.89. The van der Waals surface area contributed by atoms with Crippen LogP contribution in [0, 0.1) is 16.0 Å². The first-order chi connectivity index (χ1) is 18.1. The summed E-state index contributed by atoms with van der Waals surface area (Å²) >= 11 is 1.31. The summed E-state index contributed by atoms with van der Waals surface area (Å²) in [5.41, 5.74) is 0.585. The maximum Gasteiger partial charge on any atom is 0.327 e. The highest BCUT2D eigenvalue weighted by Gasteiger charge is 2.58. The summed E-state index contributed by atoms with van der Waals surface area (Å²) in [5.74, 6) is -2.93. The Morgan fingerprint density at radius 3 is 2.24 bits per heavy atom. The van der Waals surface area contributed by atoms with Crippen molar-refractivity contribution in [3.05, 3.63) is 92.2 Å².